The van der Waals surface area contributed by atoms with Crippen molar-refractivity contribution in [3.63, 3.8) is 0 Å². The third-order valence-electron chi connectivity index (χ3n) is 5.10. The Bertz CT molecular complexity index is 1080. The van der Waals surface area contributed by atoms with Crippen LogP contribution in [-0.4, -0.2) is 60.7 Å². The maximum Gasteiger partial charge on any atom is 0.290 e. The molecule has 0 aliphatic carbocycles. The largest absolute Gasteiger partial charge is 0.341 e. The fourth-order valence-corrected chi connectivity index (χ4v) is 4.97. The van der Waals surface area contributed by atoms with Crippen molar-refractivity contribution in [2.24, 2.45) is 0 Å². The number of benzene rings is 1. The van der Waals surface area contributed by atoms with Gasteiger partial charge in [0.25, 0.3) is 11.8 Å². The zero-order valence-electron chi connectivity index (χ0n) is 17.8. The molecule has 172 valence electrons. The number of carbonyl (C=O) groups excluding carboxylic acids is 2. The topological polar surface area (TPSA) is 125 Å². The van der Waals surface area contributed by atoms with Crippen LogP contribution in [0.25, 0.3) is 0 Å². The quantitative estimate of drug-likeness (QED) is 0.579. The molecule has 1 saturated heterocycles. The highest BCUT2D eigenvalue weighted by Crippen LogP contribution is 2.21. The van der Waals surface area contributed by atoms with Gasteiger partial charge in [-0.25, -0.2) is 18.4 Å². The van der Waals surface area contributed by atoms with Crippen LogP contribution < -0.4 is 15.8 Å². The second-order valence-electron chi connectivity index (χ2n) is 7.08. The summed E-state index contributed by atoms with van der Waals surface area (Å²) in [6, 6.07) is 5.53. The van der Waals surface area contributed by atoms with Crippen molar-refractivity contribution in [2.75, 3.05) is 31.1 Å². The van der Waals surface area contributed by atoms with E-state index in [2.05, 4.69) is 20.8 Å². The number of sulfonamides is 1. The van der Waals surface area contributed by atoms with Gasteiger partial charge in [0.15, 0.2) is 5.69 Å². The van der Waals surface area contributed by atoms with Gasteiger partial charge in [-0.15, -0.1) is 0 Å². The van der Waals surface area contributed by atoms with E-state index in [9.17, 15) is 18.0 Å². The highest BCUT2D eigenvalue weighted by molar-refractivity contribution is 7.89. The lowest BCUT2D eigenvalue weighted by atomic mass is 10.2. The van der Waals surface area contributed by atoms with E-state index in [1.165, 1.54) is 34.8 Å². The fraction of sp³-hybridized carbons (Fsp3) is 0.400. The molecule has 1 fully saturated rings. The van der Waals surface area contributed by atoms with E-state index in [0.717, 1.165) is 12.8 Å². The van der Waals surface area contributed by atoms with Gasteiger partial charge in [-0.2, -0.15) is 4.31 Å². The minimum atomic E-state index is -3.56. The van der Waals surface area contributed by atoms with E-state index < -0.39 is 21.8 Å². The highest BCUT2D eigenvalue weighted by Gasteiger charge is 2.27. The smallest absolute Gasteiger partial charge is 0.290 e. The molecule has 1 aromatic carbocycles. The second-order valence-corrected chi connectivity index (χ2v) is 9.43. The summed E-state index contributed by atoms with van der Waals surface area (Å²) in [4.78, 5) is 35.2. The fourth-order valence-electron chi connectivity index (χ4n) is 3.28. The summed E-state index contributed by atoms with van der Waals surface area (Å²) in [6.07, 6.45) is 3.01. The number of carbonyl (C=O) groups is 2. The van der Waals surface area contributed by atoms with Gasteiger partial charge in [0.1, 0.15) is 0 Å². The first-order valence-corrected chi connectivity index (χ1v) is 12.1. The van der Waals surface area contributed by atoms with Crippen LogP contribution >= 0.6 is 11.6 Å². The monoisotopic (exact) mass is 480 g/mol. The molecule has 0 radical (unpaired) electrons. The molecular weight excluding hydrogens is 456 g/mol. The van der Waals surface area contributed by atoms with Crippen LogP contribution in [0.15, 0.2) is 35.4 Å². The number of amides is 2. The van der Waals surface area contributed by atoms with E-state index >= 15 is 0 Å². The Morgan fingerprint density at radius 3 is 2.25 bits per heavy atom. The number of anilines is 1. The zero-order chi connectivity index (χ0) is 23.3. The van der Waals surface area contributed by atoms with E-state index in [0.29, 0.717) is 32.1 Å². The van der Waals surface area contributed by atoms with E-state index in [1.54, 1.807) is 0 Å². The van der Waals surface area contributed by atoms with E-state index in [-0.39, 0.29) is 21.2 Å². The summed E-state index contributed by atoms with van der Waals surface area (Å²) in [6.45, 7) is 6.17. The summed E-state index contributed by atoms with van der Waals surface area (Å²) >= 11 is 6.05. The van der Waals surface area contributed by atoms with Gasteiger partial charge in [-0.1, -0.05) is 11.6 Å². The maximum absolute atomic E-state index is 12.6. The Labute approximate surface area is 192 Å². The third kappa shape index (κ3) is 5.17. The SMILES string of the molecule is CCN(CC)c1ncc(Cl)c(C(=O)NNC(=O)c2ccc(S(=O)(=O)N3CCCC3)cc2)n1. The van der Waals surface area contributed by atoms with Crippen LogP contribution in [0.1, 0.15) is 47.5 Å². The average molecular weight is 481 g/mol. The molecular formula is C20H25ClN6O4S. The molecule has 2 amide bonds. The highest BCUT2D eigenvalue weighted by atomic mass is 35.5. The summed E-state index contributed by atoms with van der Waals surface area (Å²) in [7, 11) is -3.56. The molecule has 10 nitrogen and oxygen atoms in total. The summed E-state index contributed by atoms with van der Waals surface area (Å²) < 4.78 is 26.6. The van der Waals surface area contributed by atoms with Gasteiger partial charge in [0, 0.05) is 31.7 Å². The van der Waals surface area contributed by atoms with E-state index in [4.69, 9.17) is 11.6 Å². The molecule has 1 aliphatic heterocycles. The number of hydrogen-bond acceptors (Lipinski definition) is 7. The van der Waals surface area contributed by atoms with Crippen LogP contribution in [0, 0.1) is 0 Å². The normalized spacial score (nSPS) is 14.2. The zero-order valence-corrected chi connectivity index (χ0v) is 19.4. The number of hydrazine groups is 1. The van der Waals surface area contributed by atoms with Crippen LogP contribution in [0.5, 0.6) is 0 Å². The Hall–Kier alpha value is -2.76. The number of nitrogens with zero attached hydrogens (tertiary/aromatic N) is 4. The van der Waals surface area contributed by atoms with Gasteiger partial charge < -0.3 is 4.90 Å². The summed E-state index contributed by atoms with van der Waals surface area (Å²) in [5.41, 5.74) is 4.67. The van der Waals surface area contributed by atoms with Gasteiger partial charge >= 0.3 is 0 Å². The van der Waals surface area contributed by atoms with Crippen molar-refractivity contribution in [3.05, 3.63) is 46.7 Å². The van der Waals surface area contributed by atoms with Crippen LogP contribution in [-0.2, 0) is 10.0 Å². The molecule has 0 atom stereocenters. The molecule has 3 rings (SSSR count). The molecule has 2 aromatic rings. The van der Waals surface area contributed by atoms with Crippen LogP contribution in [0.4, 0.5) is 5.95 Å². The number of aromatic nitrogens is 2. The molecule has 32 heavy (non-hydrogen) atoms. The van der Waals surface area contributed by atoms with Crippen molar-refractivity contribution < 1.29 is 18.0 Å². The molecule has 1 aromatic heterocycles. The predicted molar refractivity (Wildman–Crippen MR) is 120 cm³/mol. The summed E-state index contributed by atoms with van der Waals surface area (Å²) in [5, 5.41) is 0.0455. The second kappa shape index (κ2) is 10.2. The molecule has 0 unspecified atom stereocenters. The molecule has 2 N–H and O–H groups in total. The number of halogens is 1. The Morgan fingerprint density at radius 2 is 1.66 bits per heavy atom. The lowest BCUT2D eigenvalue weighted by Crippen LogP contribution is -2.42. The summed E-state index contributed by atoms with van der Waals surface area (Å²) in [5.74, 6) is -0.962. The van der Waals surface area contributed by atoms with Gasteiger partial charge in [0.05, 0.1) is 16.1 Å². The predicted octanol–water partition coefficient (Wildman–Crippen LogP) is 1.84. The average Bonchev–Trinajstić information content (AvgIpc) is 3.35. The molecule has 12 heteroatoms. The Kier molecular flexibility index (Phi) is 7.64. The van der Waals surface area contributed by atoms with Crippen LogP contribution in [0.3, 0.4) is 0 Å². The van der Waals surface area contributed by atoms with Crippen molar-refractivity contribution >= 4 is 39.4 Å². The number of nitrogens with one attached hydrogen (secondary N) is 2. The van der Waals surface area contributed by atoms with E-state index in [1.807, 2.05) is 18.7 Å². The Balaban J connectivity index is 1.65. The Morgan fingerprint density at radius 1 is 1.06 bits per heavy atom. The lowest BCUT2D eigenvalue weighted by molar-refractivity contribution is 0.0844. The molecule has 0 bridgehead atoms. The molecule has 2 heterocycles. The van der Waals surface area contributed by atoms with Gasteiger partial charge in [0.2, 0.25) is 16.0 Å². The van der Waals surface area contributed by atoms with Gasteiger partial charge in [-0.05, 0) is 51.0 Å². The lowest BCUT2D eigenvalue weighted by Gasteiger charge is -2.19. The van der Waals surface area contributed by atoms with Crippen molar-refractivity contribution in [3.8, 4) is 0 Å². The number of hydrogen-bond donors (Lipinski definition) is 2. The van der Waals surface area contributed by atoms with Crippen molar-refractivity contribution in [1.82, 2.24) is 25.1 Å². The third-order valence-corrected chi connectivity index (χ3v) is 7.29. The maximum atomic E-state index is 12.6. The molecule has 0 saturated carbocycles. The van der Waals surface area contributed by atoms with Crippen LogP contribution in [0.2, 0.25) is 5.02 Å². The molecule has 0 spiro atoms. The van der Waals surface area contributed by atoms with Gasteiger partial charge in [-0.3, -0.25) is 20.4 Å². The number of rotatable bonds is 7. The van der Waals surface area contributed by atoms with Crippen molar-refractivity contribution in [2.45, 2.75) is 31.6 Å². The first-order chi connectivity index (χ1) is 15.3. The first kappa shape index (κ1) is 23.9. The minimum Gasteiger partial charge on any atom is -0.341 e. The minimum absolute atomic E-state index is 0.0455. The molecule has 1 aliphatic rings. The standard InChI is InChI=1S/C20H25ClN6O4S/c1-3-26(4-2)20-22-13-16(21)17(23-20)19(29)25-24-18(28)14-7-9-15(10-8-14)32(30,31)27-11-5-6-12-27/h7-10,13H,3-6,11-12H2,1-2H3,(H,24,28)(H,25,29). The first-order valence-electron chi connectivity index (χ1n) is 10.3. The van der Waals surface area contributed by atoms with Crippen molar-refractivity contribution in [1.29, 1.82) is 0 Å².